The van der Waals surface area contributed by atoms with Gasteiger partial charge in [0.05, 0.1) is 19.1 Å². The van der Waals surface area contributed by atoms with Crippen LogP contribution in [0.4, 0.5) is 5.69 Å². The van der Waals surface area contributed by atoms with Crippen molar-refractivity contribution in [1.29, 1.82) is 0 Å². The predicted octanol–water partition coefficient (Wildman–Crippen LogP) is 4.73. The Bertz CT molecular complexity index is 1620. The molecule has 0 radical (unpaired) electrons. The van der Waals surface area contributed by atoms with E-state index >= 15 is 0 Å². The lowest BCUT2D eigenvalue weighted by atomic mass is 9.49. The minimum Gasteiger partial charge on any atom is -0.481 e. The van der Waals surface area contributed by atoms with Crippen LogP contribution in [-0.4, -0.2) is 54.3 Å². The minimum atomic E-state index is -1.70. The normalized spacial score (nSPS) is 23.5. The average Bonchev–Trinajstić information content (AvgIpc) is 3.06. The molecule has 2 N–H and O–H groups in total. The van der Waals surface area contributed by atoms with Gasteiger partial charge in [0.2, 0.25) is 5.91 Å². The van der Waals surface area contributed by atoms with E-state index in [0.717, 1.165) is 12.2 Å². The van der Waals surface area contributed by atoms with Gasteiger partial charge < -0.3 is 29.4 Å². The van der Waals surface area contributed by atoms with Crippen LogP contribution in [0.1, 0.15) is 36.1 Å². The second-order valence-corrected chi connectivity index (χ2v) is 11.2. The third-order valence-corrected chi connectivity index (χ3v) is 8.31. The minimum absolute atomic E-state index is 0.175. The second kappa shape index (κ2) is 13.1. The first-order valence-corrected chi connectivity index (χ1v) is 14.8. The van der Waals surface area contributed by atoms with Gasteiger partial charge in [-0.2, -0.15) is 0 Å². The van der Waals surface area contributed by atoms with Crippen LogP contribution < -0.4 is 5.32 Å². The van der Waals surface area contributed by atoms with E-state index in [9.17, 15) is 24.3 Å². The zero-order valence-electron chi connectivity index (χ0n) is 25.5. The van der Waals surface area contributed by atoms with Crippen molar-refractivity contribution in [3.8, 4) is 0 Å². The number of rotatable bonds is 13. The monoisotopic (exact) mass is 625 g/mol. The molecule has 46 heavy (non-hydrogen) atoms. The Balaban J connectivity index is 1.74. The van der Waals surface area contributed by atoms with E-state index in [2.05, 4.69) is 18.5 Å². The molecular formula is C36H35NO9. The first-order chi connectivity index (χ1) is 22.1. The molecule has 3 aliphatic rings. The number of para-hydroxylation sites is 1. The summed E-state index contributed by atoms with van der Waals surface area (Å²) in [6, 6.07) is 22.8. The highest BCUT2D eigenvalue weighted by Crippen LogP contribution is 2.65. The van der Waals surface area contributed by atoms with Gasteiger partial charge in [-0.15, -0.1) is 0 Å². The van der Waals surface area contributed by atoms with Crippen LogP contribution in [0.2, 0.25) is 0 Å². The molecular weight excluding hydrogens is 590 g/mol. The number of nitrogens with one attached hydrogen (secondary N) is 1. The first-order valence-electron chi connectivity index (χ1n) is 14.8. The summed E-state index contributed by atoms with van der Waals surface area (Å²) in [6.45, 7) is 9.76. The number of ether oxygens (including phenoxy) is 4. The molecule has 6 rings (SSSR count). The summed E-state index contributed by atoms with van der Waals surface area (Å²) < 4.78 is 24.1. The van der Waals surface area contributed by atoms with Gasteiger partial charge in [0, 0.05) is 17.8 Å². The van der Waals surface area contributed by atoms with Gasteiger partial charge in [-0.1, -0.05) is 79.9 Å². The quantitative estimate of drug-likeness (QED) is 0.204. The van der Waals surface area contributed by atoms with Crippen molar-refractivity contribution in [3.05, 3.63) is 126 Å². The fraction of sp³-hybridized carbons (Fsp3) is 0.278. The van der Waals surface area contributed by atoms with Crippen molar-refractivity contribution >= 4 is 29.5 Å². The highest BCUT2D eigenvalue weighted by molar-refractivity contribution is 5.99. The number of hydrogen-bond donors (Lipinski definition) is 2. The summed E-state index contributed by atoms with van der Waals surface area (Å²) in [5, 5.41) is 14.0. The number of carboxylic acid groups (broad SMARTS) is 1. The maximum atomic E-state index is 14.5. The number of hydrogen-bond acceptors (Lipinski definition) is 8. The van der Waals surface area contributed by atoms with Crippen molar-refractivity contribution in [2.45, 2.75) is 37.3 Å². The fourth-order valence-corrected chi connectivity index (χ4v) is 6.63. The van der Waals surface area contributed by atoms with E-state index < -0.39 is 59.1 Å². The Hall–Kier alpha value is -5.06. The van der Waals surface area contributed by atoms with Crippen molar-refractivity contribution in [1.82, 2.24) is 0 Å². The summed E-state index contributed by atoms with van der Waals surface area (Å²) in [4.78, 5) is 52.1. The molecule has 0 fully saturated rings. The Morgan fingerprint density at radius 1 is 0.717 bits per heavy atom. The Morgan fingerprint density at radius 3 is 1.50 bits per heavy atom. The number of aliphatic carboxylic acids is 1. The molecule has 3 aromatic rings. The topological polar surface area (TPSA) is 137 Å². The van der Waals surface area contributed by atoms with Gasteiger partial charge in [0.25, 0.3) is 0 Å². The van der Waals surface area contributed by atoms with Gasteiger partial charge in [0.1, 0.15) is 29.3 Å². The molecule has 2 bridgehead atoms. The number of carbonyl (C=O) groups is 4. The highest BCUT2D eigenvalue weighted by atomic mass is 16.6. The molecule has 4 atom stereocenters. The molecule has 238 valence electrons. The average molecular weight is 626 g/mol. The van der Waals surface area contributed by atoms with Crippen LogP contribution in [0.25, 0.3) is 0 Å². The summed E-state index contributed by atoms with van der Waals surface area (Å²) in [7, 11) is 0. The van der Waals surface area contributed by atoms with Crippen LogP contribution in [0, 0.1) is 11.8 Å². The second-order valence-electron chi connectivity index (χ2n) is 11.2. The molecule has 10 nitrogen and oxygen atoms in total. The van der Waals surface area contributed by atoms with E-state index in [1.165, 1.54) is 0 Å². The number of carboxylic acids is 1. The molecule has 1 amide bonds. The standard InChI is InChI=1S/C36H35NO9/c1-5-29(38)45-22(3)20-43-35-25-16-10-12-18-27(25)36(28-19-13-11-17-26(28)35,44-21-23(4)46-30(39)6-2)32(34(41)42)31(35)33(40)37-24-14-8-7-9-15-24/h5-19,22-23,31-32H,1-2,20-21H2,3-4H3,(H,37,40)(H,41,42). The molecule has 4 unspecified atom stereocenters. The van der Waals surface area contributed by atoms with Gasteiger partial charge in [0.15, 0.2) is 0 Å². The van der Waals surface area contributed by atoms with Gasteiger partial charge >= 0.3 is 17.9 Å². The van der Waals surface area contributed by atoms with Crippen molar-refractivity contribution in [2.24, 2.45) is 11.8 Å². The molecule has 0 saturated carbocycles. The maximum absolute atomic E-state index is 14.5. The smallest absolute Gasteiger partial charge is 0.330 e. The van der Waals surface area contributed by atoms with E-state index in [0.29, 0.717) is 27.9 Å². The van der Waals surface area contributed by atoms with E-state index in [4.69, 9.17) is 18.9 Å². The molecule has 3 aliphatic carbocycles. The van der Waals surface area contributed by atoms with Crippen molar-refractivity contribution in [3.63, 3.8) is 0 Å². The largest absolute Gasteiger partial charge is 0.481 e. The van der Waals surface area contributed by atoms with E-state index in [-0.39, 0.29) is 13.2 Å². The molecule has 0 spiro atoms. The van der Waals surface area contributed by atoms with Gasteiger partial charge in [-0.25, -0.2) is 9.59 Å². The first kappa shape index (κ1) is 32.3. The predicted molar refractivity (Wildman–Crippen MR) is 168 cm³/mol. The Morgan fingerprint density at radius 2 is 1.11 bits per heavy atom. The third kappa shape index (κ3) is 5.50. The molecule has 0 saturated heterocycles. The molecule has 0 heterocycles. The maximum Gasteiger partial charge on any atom is 0.330 e. The van der Waals surface area contributed by atoms with Crippen LogP contribution in [0.15, 0.2) is 104 Å². The van der Waals surface area contributed by atoms with Gasteiger partial charge in [-0.05, 0) is 48.2 Å². The zero-order chi connectivity index (χ0) is 33.1. The lowest BCUT2D eigenvalue weighted by molar-refractivity contribution is -0.205. The number of carbonyl (C=O) groups excluding carboxylic acids is 3. The number of esters is 2. The van der Waals surface area contributed by atoms with Crippen LogP contribution in [0.5, 0.6) is 0 Å². The van der Waals surface area contributed by atoms with E-state index in [1.807, 2.05) is 0 Å². The number of benzene rings is 3. The third-order valence-electron chi connectivity index (χ3n) is 8.31. The lowest BCUT2D eigenvalue weighted by Crippen LogP contribution is -2.67. The Labute approximate surface area is 266 Å². The van der Waals surface area contributed by atoms with Crippen molar-refractivity contribution < 1.29 is 43.2 Å². The molecule has 3 aromatic carbocycles. The summed E-state index contributed by atoms with van der Waals surface area (Å²) in [5.41, 5.74) is -0.849. The van der Waals surface area contributed by atoms with Crippen LogP contribution in [0.3, 0.4) is 0 Å². The summed E-state index contributed by atoms with van der Waals surface area (Å²) in [6.07, 6.45) is 0.515. The molecule has 10 heteroatoms. The highest BCUT2D eigenvalue weighted by Gasteiger charge is 2.71. The fourth-order valence-electron chi connectivity index (χ4n) is 6.63. The number of fused-ring (bicyclic) bond motifs is 1. The van der Waals surface area contributed by atoms with Gasteiger partial charge in [-0.3, -0.25) is 9.59 Å². The summed E-state index contributed by atoms with van der Waals surface area (Å²) >= 11 is 0. The SMILES string of the molecule is C=CC(=O)OC(C)COC12c3ccccc3C(OCC(C)OC(=O)C=C)(c3ccccc31)C(C(=O)Nc1ccccc1)C2C(=O)O. The number of anilines is 1. The van der Waals surface area contributed by atoms with Crippen LogP contribution in [-0.2, 0) is 49.3 Å². The van der Waals surface area contributed by atoms with Crippen LogP contribution >= 0.6 is 0 Å². The summed E-state index contributed by atoms with van der Waals surface area (Å²) in [5.74, 6) is -6.13. The lowest BCUT2D eigenvalue weighted by Gasteiger charge is -2.60. The van der Waals surface area contributed by atoms with E-state index in [1.54, 1.807) is 92.7 Å². The molecule has 0 aliphatic heterocycles. The molecule has 0 aromatic heterocycles. The zero-order valence-corrected chi connectivity index (χ0v) is 25.5. The number of amides is 1. The Kier molecular flexibility index (Phi) is 9.22. The van der Waals surface area contributed by atoms with Crippen molar-refractivity contribution in [2.75, 3.05) is 18.5 Å².